The van der Waals surface area contributed by atoms with Gasteiger partial charge < -0.3 is 4.74 Å². The smallest absolute Gasteiger partial charge is 0.309 e. The zero-order chi connectivity index (χ0) is 15.2. The summed E-state index contributed by atoms with van der Waals surface area (Å²) >= 11 is 0. The van der Waals surface area contributed by atoms with Crippen molar-refractivity contribution in [3.8, 4) is 0 Å². The minimum atomic E-state index is -0.236. The number of carbonyl (C=O) groups is 2. The highest BCUT2D eigenvalue weighted by molar-refractivity contribution is 5.84. The monoisotopic (exact) mass is 284 g/mol. The summed E-state index contributed by atoms with van der Waals surface area (Å²) in [7, 11) is 1.39. The third kappa shape index (κ3) is 9.99. The largest absolute Gasteiger partial charge is 0.469 e. The summed E-state index contributed by atoms with van der Waals surface area (Å²) in [5.74, 6) is -0.260. The lowest BCUT2D eigenvalue weighted by atomic mass is 9.95. The molecule has 1 atom stereocenters. The molecule has 0 aliphatic carbocycles. The molecule has 0 aromatic carbocycles. The molecule has 0 spiro atoms. The van der Waals surface area contributed by atoms with Gasteiger partial charge in [-0.05, 0) is 12.8 Å². The predicted molar refractivity (Wildman–Crippen MR) is 82.6 cm³/mol. The summed E-state index contributed by atoms with van der Waals surface area (Å²) in [6.45, 7) is 4.24. The summed E-state index contributed by atoms with van der Waals surface area (Å²) in [6.07, 6.45) is 11.1. The fourth-order valence-corrected chi connectivity index (χ4v) is 2.47. The van der Waals surface area contributed by atoms with Gasteiger partial charge in [-0.25, -0.2) is 0 Å². The van der Waals surface area contributed by atoms with Gasteiger partial charge in [0.1, 0.15) is 5.78 Å². The van der Waals surface area contributed by atoms with Crippen molar-refractivity contribution >= 4 is 11.8 Å². The Morgan fingerprint density at radius 1 is 0.900 bits per heavy atom. The molecular weight excluding hydrogens is 252 g/mol. The first-order chi connectivity index (χ1) is 9.65. The predicted octanol–water partition coefficient (Wildman–Crippen LogP) is 4.68. The molecule has 0 fully saturated rings. The molecule has 0 rings (SSSR count). The summed E-state index contributed by atoms with van der Waals surface area (Å²) in [6, 6.07) is 0. The number of methoxy groups -OCH3 is 1. The molecule has 0 radical (unpaired) electrons. The zero-order valence-corrected chi connectivity index (χ0v) is 13.6. The van der Waals surface area contributed by atoms with E-state index < -0.39 is 0 Å². The van der Waals surface area contributed by atoms with Crippen molar-refractivity contribution in [2.45, 2.75) is 84.5 Å². The van der Waals surface area contributed by atoms with Crippen LogP contribution in [-0.2, 0) is 14.3 Å². The molecule has 20 heavy (non-hydrogen) atoms. The van der Waals surface area contributed by atoms with Gasteiger partial charge in [0.2, 0.25) is 0 Å². The third-order valence-corrected chi connectivity index (χ3v) is 3.70. The number of hydrogen-bond donors (Lipinski definition) is 0. The second-order valence-electron chi connectivity index (χ2n) is 5.62. The highest BCUT2D eigenvalue weighted by Gasteiger charge is 2.21. The van der Waals surface area contributed by atoms with Gasteiger partial charge in [0.25, 0.3) is 0 Å². The number of ketones is 1. The average Bonchev–Trinajstić information content (AvgIpc) is 2.45. The number of Topliss-reactive ketones (excluding diaryl/α,β-unsaturated/α-hetero) is 1. The van der Waals surface area contributed by atoms with Crippen molar-refractivity contribution in [1.82, 2.24) is 0 Å². The molecule has 0 aliphatic rings. The number of carbonyl (C=O) groups excluding carboxylic acids is 2. The molecule has 0 heterocycles. The first-order valence-corrected chi connectivity index (χ1v) is 8.25. The summed E-state index contributed by atoms with van der Waals surface area (Å²) in [5.41, 5.74) is 0. The molecule has 1 unspecified atom stereocenters. The summed E-state index contributed by atoms with van der Waals surface area (Å²) < 4.78 is 4.76. The van der Waals surface area contributed by atoms with Crippen LogP contribution in [0.5, 0.6) is 0 Å². The normalized spacial score (nSPS) is 12.2. The van der Waals surface area contributed by atoms with Crippen LogP contribution < -0.4 is 0 Å². The minimum Gasteiger partial charge on any atom is -0.469 e. The molecule has 3 heteroatoms. The average molecular weight is 284 g/mol. The number of ether oxygens (including phenoxy) is 1. The molecule has 3 nitrogen and oxygen atoms in total. The number of rotatable bonds is 13. The van der Waals surface area contributed by atoms with Crippen LogP contribution in [0.2, 0.25) is 0 Å². The Balaban J connectivity index is 3.71. The maximum Gasteiger partial charge on any atom is 0.309 e. The highest BCUT2D eigenvalue weighted by Crippen LogP contribution is 2.16. The van der Waals surface area contributed by atoms with E-state index in [0.717, 1.165) is 25.7 Å². The Hall–Kier alpha value is -0.860. The molecule has 0 aliphatic heterocycles. The molecule has 0 aromatic rings. The third-order valence-electron chi connectivity index (χ3n) is 3.70. The number of esters is 1. The van der Waals surface area contributed by atoms with Gasteiger partial charge >= 0.3 is 5.97 Å². The lowest BCUT2D eigenvalue weighted by Crippen LogP contribution is -2.19. The molecule has 118 valence electrons. The van der Waals surface area contributed by atoms with Crippen LogP contribution >= 0.6 is 0 Å². The minimum absolute atomic E-state index is 0.211. The Bertz CT molecular complexity index is 261. The molecule has 0 saturated heterocycles. The van der Waals surface area contributed by atoms with E-state index in [1.807, 2.05) is 6.92 Å². The Kier molecular flexibility index (Phi) is 12.6. The Labute approximate surface area is 124 Å². The van der Waals surface area contributed by atoms with Crippen LogP contribution in [0.15, 0.2) is 0 Å². The van der Waals surface area contributed by atoms with Gasteiger partial charge in [-0.2, -0.15) is 0 Å². The lowest BCUT2D eigenvalue weighted by Gasteiger charge is -2.12. The lowest BCUT2D eigenvalue weighted by molar-refractivity contribution is -0.147. The maximum absolute atomic E-state index is 11.9. The van der Waals surface area contributed by atoms with Crippen LogP contribution in [0.4, 0.5) is 0 Å². The Morgan fingerprint density at radius 3 is 2.05 bits per heavy atom. The van der Waals surface area contributed by atoms with Crippen molar-refractivity contribution in [3.05, 3.63) is 0 Å². The van der Waals surface area contributed by atoms with E-state index in [0.29, 0.717) is 12.8 Å². The van der Waals surface area contributed by atoms with E-state index in [9.17, 15) is 9.59 Å². The highest BCUT2D eigenvalue weighted by atomic mass is 16.5. The number of unbranched alkanes of at least 4 members (excludes halogenated alkanes) is 6. The van der Waals surface area contributed by atoms with E-state index in [1.165, 1.54) is 39.2 Å². The van der Waals surface area contributed by atoms with Gasteiger partial charge in [0, 0.05) is 12.8 Å². The van der Waals surface area contributed by atoms with E-state index in [1.54, 1.807) is 0 Å². The standard InChI is InChI=1S/C17H32O3/c1-4-6-7-8-9-10-11-13-16(18)14-15(12-5-2)17(19)20-3/h15H,4-14H2,1-3H3. The first kappa shape index (κ1) is 19.1. The Morgan fingerprint density at radius 2 is 1.50 bits per heavy atom. The molecular formula is C17H32O3. The van der Waals surface area contributed by atoms with Crippen LogP contribution in [0, 0.1) is 5.92 Å². The van der Waals surface area contributed by atoms with E-state index in [-0.39, 0.29) is 17.7 Å². The van der Waals surface area contributed by atoms with Crippen LogP contribution in [0.1, 0.15) is 84.5 Å². The first-order valence-electron chi connectivity index (χ1n) is 8.25. The van der Waals surface area contributed by atoms with Crippen LogP contribution in [0.25, 0.3) is 0 Å². The van der Waals surface area contributed by atoms with Crippen molar-refractivity contribution in [2.24, 2.45) is 5.92 Å². The van der Waals surface area contributed by atoms with Gasteiger partial charge in [0.15, 0.2) is 0 Å². The molecule has 0 bridgehead atoms. The fraction of sp³-hybridized carbons (Fsp3) is 0.882. The van der Waals surface area contributed by atoms with Gasteiger partial charge in [-0.15, -0.1) is 0 Å². The van der Waals surface area contributed by atoms with E-state index >= 15 is 0 Å². The molecule has 0 N–H and O–H groups in total. The fourth-order valence-electron chi connectivity index (χ4n) is 2.47. The quantitative estimate of drug-likeness (QED) is 0.364. The van der Waals surface area contributed by atoms with Gasteiger partial charge in [-0.1, -0.05) is 58.8 Å². The molecule has 0 aromatic heterocycles. The summed E-state index contributed by atoms with van der Waals surface area (Å²) in [5, 5.41) is 0. The second kappa shape index (κ2) is 13.1. The van der Waals surface area contributed by atoms with Crippen molar-refractivity contribution in [2.75, 3.05) is 7.11 Å². The molecule has 0 saturated carbocycles. The van der Waals surface area contributed by atoms with Crippen molar-refractivity contribution < 1.29 is 14.3 Å². The zero-order valence-electron chi connectivity index (χ0n) is 13.6. The maximum atomic E-state index is 11.9. The SMILES string of the molecule is CCCCCCCCCC(=O)CC(CCC)C(=O)OC. The topological polar surface area (TPSA) is 43.4 Å². The molecule has 0 amide bonds. The number of hydrogen-bond acceptors (Lipinski definition) is 3. The van der Waals surface area contributed by atoms with E-state index in [4.69, 9.17) is 4.74 Å². The van der Waals surface area contributed by atoms with Crippen LogP contribution in [0.3, 0.4) is 0 Å². The van der Waals surface area contributed by atoms with Crippen LogP contribution in [-0.4, -0.2) is 18.9 Å². The van der Waals surface area contributed by atoms with Crippen molar-refractivity contribution in [3.63, 3.8) is 0 Å². The van der Waals surface area contributed by atoms with E-state index in [2.05, 4.69) is 6.92 Å². The second-order valence-corrected chi connectivity index (χ2v) is 5.62. The van der Waals surface area contributed by atoms with Gasteiger partial charge in [-0.3, -0.25) is 9.59 Å². The van der Waals surface area contributed by atoms with Crippen molar-refractivity contribution in [1.29, 1.82) is 0 Å². The van der Waals surface area contributed by atoms with Gasteiger partial charge in [0.05, 0.1) is 13.0 Å². The summed E-state index contributed by atoms with van der Waals surface area (Å²) in [4.78, 5) is 23.4.